The van der Waals surface area contributed by atoms with Crippen molar-refractivity contribution in [2.75, 3.05) is 6.54 Å². The first kappa shape index (κ1) is 14.1. The van der Waals surface area contributed by atoms with Crippen molar-refractivity contribution in [2.24, 2.45) is 17.8 Å². The van der Waals surface area contributed by atoms with Crippen molar-refractivity contribution >= 4 is 28.6 Å². The SMILES string of the molecule is Cc1c(C(N)=O)n(C)c2c(C3=CCCN=C3)cc(C#N)cc12. The van der Waals surface area contributed by atoms with Gasteiger partial charge in [-0.25, -0.2) is 0 Å². The predicted octanol–water partition coefficient (Wildman–Crippen LogP) is 2.32. The molecule has 2 aromatic rings. The smallest absolute Gasteiger partial charge is 0.265 e. The minimum absolute atomic E-state index is 0.466. The maximum absolute atomic E-state index is 11.7. The Balaban J connectivity index is 2.43. The molecule has 0 bridgehead atoms. The van der Waals surface area contributed by atoms with Crippen LogP contribution in [0.3, 0.4) is 0 Å². The van der Waals surface area contributed by atoms with E-state index in [0.29, 0.717) is 11.3 Å². The molecule has 110 valence electrons. The summed E-state index contributed by atoms with van der Waals surface area (Å²) in [5.74, 6) is -0.466. The average Bonchev–Trinajstić information content (AvgIpc) is 2.78. The molecule has 2 heterocycles. The number of benzene rings is 1. The van der Waals surface area contributed by atoms with Gasteiger partial charge in [0.15, 0.2) is 0 Å². The van der Waals surface area contributed by atoms with Crippen molar-refractivity contribution < 1.29 is 4.79 Å². The Labute approximate surface area is 128 Å². The Morgan fingerprint density at radius 2 is 2.23 bits per heavy atom. The summed E-state index contributed by atoms with van der Waals surface area (Å²) in [4.78, 5) is 16.1. The molecule has 2 N–H and O–H groups in total. The van der Waals surface area contributed by atoms with Crippen molar-refractivity contribution in [3.8, 4) is 6.07 Å². The van der Waals surface area contributed by atoms with Crippen LogP contribution < -0.4 is 5.73 Å². The molecule has 5 nitrogen and oxygen atoms in total. The van der Waals surface area contributed by atoms with E-state index < -0.39 is 5.91 Å². The Morgan fingerprint density at radius 1 is 1.45 bits per heavy atom. The van der Waals surface area contributed by atoms with Crippen LogP contribution in [-0.2, 0) is 7.05 Å². The molecule has 0 fully saturated rings. The summed E-state index contributed by atoms with van der Waals surface area (Å²) >= 11 is 0. The van der Waals surface area contributed by atoms with Gasteiger partial charge in [0, 0.05) is 30.8 Å². The molecule has 1 aromatic carbocycles. The number of nitrogens with two attached hydrogens (primary N) is 1. The van der Waals surface area contributed by atoms with Gasteiger partial charge < -0.3 is 10.3 Å². The number of hydrogen-bond acceptors (Lipinski definition) is 3. The number of aromatic nitrogens is 1. The van der Waals surface area contributed by atoms with Gasteiger partial charge in [-0.1, -0.05) is 6.08 Å². The normalized spacial score (nSPS) is 14.0. The van der Waals surface area contributed by atoms with Crippen molar-refractivity contribution in [1.82, 2.24) is 4.57 Å². The highest BCUT2D eigenvalue weighted by atomic mass is 16.1. The summed E-state index contributed by atoms with van der Waals surface area (Å²) in [7, 11) is 1.82. The molecule has 0 aliphatic carbocycles. The van der Waals surface area contributed by atoms with Gasteiger partial charge >= 0.3 is 0 Å². The quantitative estimate of drug-likeness (QED) is 0.921. The van der Waals surface area contributed by atoms with Crippen LogP contribution >= 0.6 is 0 Å². The molecule has 1 aliphatic heterocycles. The van der Waals surface area contributed by atoms with Gasteiger partial charge in [-0.15, -0.1) is 0 Å². The van der Waals surface area contributed by atoms with Crippen LogP contribution in [0.1, 0.15) is 33.6 Å². The Kier molecular flexibility index (Phi) is 3.30. The average molecular weight is 292 g/mol. The maximum Gasteiger partial charge on any atom is 0.265 e. The lowest BCUT2D eigenvalue weighted by molar-refractivity contribution is 0.0992. The first-order chi connectivity index (χ1) is 10.5. The van der Waals surface area contributed by atoms with Crippen molar-refractivity contribution in [3.05, 3.63) is 40.6 Å². The van der Waals surface area contributed by atoms with Gasteiger partial charge in [-0.05, 0) is 36.6 Å². The number of nitriles is 1. The number of primary amides is 1. The zero-order valence-electron chi connectivity index (χ0n) is 12.6. The number of hydrogen-bond donors (Lipinski definition) is 1. The highest BCUT2D eigenvalue weighted by Crippen LogP contribution is 2.32. The van der Waals surface area contributed by atoms with Gasteiger partial charge in [-0.3, -0.25) is 9.79 Å². The molecule has 22 heavy (non-hydrogen) atoms. The summed E-state index contributed by atoms with van der Waals surface area (Å²) in [6, 6.07) is 5.84. The number of dihydropyridines is 1. The number of amides is 1. The number of rotatable bonds is 2. The Hall–Kier alpha value is -2.87. The van der Waals surface area contributed by atoms with E-state index in [-0.39, 0.29) is 0 Å². The van der Waals surface area contributed by atoms with E-state index in [4.69, 9.17) is 5.73 Å². The molecule has 0 saturated heterocycles. The number of allylic oxidation sites excluding steroid dienone is 1. The van der Waals surface area contributed by atoms with Crippen LogP contribution in [0, 0.1) is 18.3 Å². The lowest BCUT2D eigenvalue weighted by Crippen LogP contribution is -2.16. The van der Waals surface area contributed by atoms with E-state index in [2.05, 4.69) is 17.1 Å². The summed E-state index contributed by atoms with van der Waals surface area (Å²) in [5.41, 5.74) is 10.1. The van der Waals surface area contributed by atoms with E-state index in [1.165, 1.54) is 0 Å². The lowest BCUT2D eigenvalue weighted by atomic mass is 9.98. The molecular formula is C17H16N4O. The van der Waals surface area contributed by atoms with E-state index in [1.54, 1.807) is 6.07 Å². The van der Waals surface area contributed by atoms with Crippen LogP contribution in [0.15, 0.2) is 23.2 Å². The second kappa shape index (κ2) is 5.15. The number of fused-ring (bicyclic) bond motifs is 1. The van der Waals surface area contributed by atoms with Crippen molar-refractivity contribution in [2.45, 2.75) is 13.3 Å². The molecule has 0 radical (unpaired) electrons. The van der Waals surface area contributed by atoms with E-state index >= 15 is 0 Å². The third-order valence-electron chi connectivity index (χ3n) is 4.07. The van der Waals surface area contributed by atoms with Gasteiger partial charge in [0.2, 0.25) is 0 Å². The zero-order chi connectivity index (χ0) is 15.9. The van der Waals surface area contributed by atoms with Gasteiger partial charge in [-0.2, -0.15) is 5.26 Å². The number of carbonyl (C=O) groups excluding carboxylic acids is 1. The standard InChI is InChI=1S/C17H16N4O/c1-10-13-6-11(8-18)7-14(12-4-3-5-20-9-12)16(13)21(2)15(10)17(19)22/h4,6-7,9H,3,5H2,1-2H3,(H2,19,22). The molecule has 1 amide bonds. The van der Waals surface area contributed by atoms with Gasteiger partial charge in [0.1, 0.15) is 5.69 Å². The largest absolute Gasteiger partial charge is 0.364 e. The van der Waals surface area contributed by atoms with Crippen LogP contribution in [0.4, 0.5) is 0 Å². The van der Waals surface area contributed by atoms with Crippen molar-refractivity contribution in [1.29, 1.82) is 5.26 Å². The molecule has 1 aromatic heterocycles. The first-order valence-electron chi connectivity index (χ1n) is 7.08. The second-order valence-corrected chi connectivity index (χ2v) is 5.41. The zero-order valence-corrected chi connectivity index (χ0v) is 12.6. The summed E-state index contributed by atoms with van der Waals surface area (Å²) in [5, 5.41) is 10.2. The monoisotopic (exact) mass is 292 g/mol. The fraction of sp³-hybridized carbons (Fsp3) is 0.235. The van der Waals surface area contributed by atoms with Crippen LogP contribution in [0.5, 0.6) is 0 Å². The molecular weight excluding hydrogens is 276 g/mol. The molecule has 0 spiro atoms. The summed E-state index contributed by atoms with van der Waals surface area (Å²) in [6.45, 7) is 2.64. The fourth-order valence-corrected chi connectivity index (χ4v) is 3.10. The van der Waals surface area contributed by atoms with E-state index in [1.807, 2.05) is 30.8 Å². The van der Waals surface area contributed by atoms with E-state index in [0.717, 1.165) is 40.6 Å². The molecule has 0 saturated carbocycles. The van der Waals surface area contributed by atoms with Crippen molar-refractivity contribution in [3.63, 3.8) is 0 Å². The highest BCUT2D eigenvalue weighted by molar-refractivity contribution is 6.16. The first-order valence-corrected chi connectivity index (χ1v) is 7.08. The third kappa shape index (κ3) is 2.01. The Morgan fingerprint density at radius 3 is 2.82 bits per heavy atom. The minimum Gasteiger partial charge on any atom is -0.364 e. The van der Waals surface area contributed by atoms with Gasteiger partial charge in [0.25, 0.3) is 5.91 Å². The van der Waals surface area contributed by atoms with Crippen LogP contribution in [-0.4, -0.2) is 23.2 Å². The van der Waals surface area contributed by atoms with Gasteiger partial charge in [0.05, 0.1) is 17.1 Å². The second-order valence-electron chi connectivity index (χ2n) is 5.41. The molecule has 0 atom stereocenters. The molecule has 5 heteroatoms. The number of nitrogens with zero attached hydrogens (tertiary/aromatic N) is 3. The fourth-order valence-electron chi connectivity index (χ4n) is 3.10. The third-order valence-corrected chi connectivity index (χ3v) is 4.07. The van der Waals surface area contributed by atoms with Crippen LogP contribution in [0.2, 0.25) is 0 Å². The van der Waals surface area contributed by atoms with Crippen LogP contribution in [0.25, 0.3) is 16.5 Å². The lowest BCUT2D eigenvalue weighted by Gasteiger charge is -2.11. The summed E-state index contributed by atoms with van der Waals surface area (Å²) < 4.78 is 1.81. The predicted molar refractivity (Wildman–Crippen MR) is 86.8 cm³/mol. The number of aryl methyl sites for hydroxylation is 2. The maximum atomic E-state index is 11.7. The Bertz CT molecular complexity index is 894. The number of carbonyl (C=O) groups is 1. The highest BCUT2D eigenvalue weighted by Gasteiger charge is 2.20. The van der Waals surface area contributed by atoms with E-state index in [9.17, 15) is 10.1 Å². The summed E-state index contributed by atoms with van der Waals surface area (Å²) in [6.07, 6.45) is 4.80. The molecule has 1 aliphatic rings. The molecule has 3 rings (SSSR count). The number of aliphatic imine (C=N–C) groups is 1. The topological polar surface area (TPSA) is 84.2 Å². The minimum atomic E-state index is -0.466. The molecule has 0 unspecified atom stereocenters.